The number of fused-ring (bicyclic) bond motifs is 3. The van der Waals surface area contributed by atoms with Gasteiger partial charge in [0.1, 0.15) is 0 Å². The Bertz CT molecular complexity index is 1200. The number of alkyl halides is 5. The minimum Gasteiger partial charge on any atom is -0.441 e. The Balaban J connectivity index is 2.05. The van der Waals surface area contributed by atoms with E-state index in [9.17, 15) is 35.2 Å². The van der Waals surface area contributed by atoms with Crippen LogP contribution in [0.1, 0.15) is 10.4 Å². The maximum Gasteiger partial charge on any atom is 0.432 e. The van der Waals surface area contributed by atoms with Gasteiger partial charge in [-0.2, -0.15) is 30.4 Å². The minimum absolute atomic E-state index is 0.447. The molecule has 0 aliphatic rings. The van der Waals surface area contributed by atoms with Gasteiger partial charge in [0.15, 0.2) is 0 Å². The van der Waals surface area contributed by atoms with Crippen LogP contribution < -0.4 is 0 Å². The molecule has 5 nitrogen and oxygen atoms in total. The molecule has 154 valence electrons. The first kappa shape index (κ1) is 20.9. The van der Waals surface area contributed by atoms with Crippen LogP contribution in [0.15, 0.2) is 54.6 Å². The van der Waals surface area contributed by atoms with E-state index >= 15 is 0 Å². The lowest BCUT2D eigenvalue weighted by Gasteiger charge is -2.26. The summed E-state index contributed by atoms with van der Waals surface area (Å²) in [5.41, 5.74) is -0.505. The number of halogens is 5. The van der Waals surface area contributed by atoms with Crippen molar-refractivity contribution in [1.29, 1.82) is 0 Å². The van der Waals surface area contributed by atoms with Crippen molar-refractivity contribution in [3.05, 3.63) is 60.2 Å². The van der Waals surface area contributed by atoms with E-state index in [2.05, 4.69) is 4.74 Å². The molecule has 0 aliphatic carbocycles. The van der Waals surface area contributed by atoms with E-state index < -0.39 is 39.2 Å². The molecule has 0 radical (unpaired) electrons. The van der Waals surface area contributed by atoms with E-state index in [1.807, 2.05) is 0 Å². The quantitative estimate of drug-likeness (QED) is 0.282. The van der Waals surface area contributed by atoms with Crippen LogP contribution >= 0.6 is 0 Å². The number of rotatable bonds is 4. The highest BCUT2D eigenvalue weighted by Gasteiger charge is 2.66. The number of carbonyl (C=O) groups excluding carboxylic acids is 1. The van der Waals surface area contributed by atoms with Crippen LogP contribution in [-0.4, -0.2) is 36.5 Å². The Morgan fingerprint density at radius 2 is 1.45 bits per heavy atom. The zero-order valence-electron chi connectivity index (χ0n) is 14.2. The first-order valence-corrected chi connectivity index (χ1v) is 9.30. The second-order valence-electron chi connectivity index (χ2n) is 6.09. The topological polar surface area (TPSA) is 80.7 Å². The maximum atomic E-state index is 13.6. The Kier molecular flexibility index (Phi) is 4.99. The fraction of sp³-hybridized carbons (Fsp3) is 0.167. The van der Waals surface area contributed by atoms with Crippen molar-refractivity contribution in [2.45, 2.75) is 17.5 Å². The number of esters is 1. The molecule has 0 saturated heterocycles. The molecule has 0 spiro atoms. The van der Waals surface area contributed by atoms with Crippen molar-refractivity contribution in [2.24, 2.45) is 0 Å². The number of hydrogen-bond acceptors (Lipinski definition) is 4. The third-order valence-corrected chi connectivity index (χ3v) is 5.06. The van der Waals surface area contributed by atoms with Gasteiger partial charge in [0.25, 0.3) is 6.10 Å². The predicted octanol–water partition coefficient (Wildman–Crippen LogP) is 4.56. The summed E-state index contributed by atoms with van der Waals surface area (Å²) in [5, 5.41) is -3.31. The van der Waals surface area contributed by atoms with Crippen LogP contribution in [0.5, 0.6) is 0 Å². The monoisotopic (exact) mass is 434 g/mol. The standard InChI is InChI=1S/C18H11F5O5S/c19-17(20,21)16(18(22,23)29(25,26)27)28-15(24)12-8-7-11-6-5-10-3-1-2-4-13(10)14(11)9-12/h1-9,16H,(H,25,26,27). The van der Waals surface area contributed by atoms with Crippen molar-refractivity contribution < 1.29 is 44.5 Å². The second kappa shape index (κ2) is 6.92. The Morgan fingerprint density at radius 1 is 0.897 bits per heavy atom. The fourth-order valence-corrected chi connectivity index (χ4v) is 3.22. The second-order valence-corrected chi connectivity index (χ2v) is 7.58. The lowest BCUT2D eigenvalue weighted by atomic mass is 10.00. The van der Waals surface area contributed by atoms with E-state index in [0.29, 0.717) is 16.2 Å². The average Bonchev–Trinajstić information content (AvgIpc) is 2.63. The summed E-state index contributed by atoms with van der Waals surface area (Å²) in [4.78, 5) is 12.1. The van der Waals surface area contributed by atoms with E-state index in [-0.39, 0.29) is 0 Å². The normalized spacial score (nSPS) is 14.1. The molecule has 0 aliphatic heterocycles. The predicted molar refractivity (Wildman–Crippen MR) is 93.2 cm³/mol. The highest BCUT2D eigenvalue weighted by Crippen LogP contribution is 2.38. The van der Waals surface area contributed by atoms with Gasteiger partial charge in [0.05, 0.1) is 5.56 Å². The van der Waals surface area contributed by atoms with Gasteiger partial charge in [-0.25, -0.2) is 4.79 Å². The summed E-state index contributed by atoms with van der Waals surface area (Å²) >= 11 is 0. The van der Waals surface area contributed by atoms with Crippen LogP contribution in [0, 0.1) is 0 Å². The highest BCUT2D eigenvalue weighted by molar-refractivity contribution is 7.86. The fourth-order valence-electron chi connectivity index (χ4n) is 2.77. The van der Waals surface area contributed by atoms with Gasteiger partial charge in [0.2, 0.25) is 0 Å². The molecule has 3 rings (SSSR count). The largest absolute Gasteiger partial charge is 0.441 e. The van der Waals surface area contributed by atoms with Crippen LogP contribution in [0.4, 0.5) is 22.0 Å². The summed E-state index contributed by atoms with van der Waals surface area (Å²) < 4.78 is 99.7. The van der Waals surface area contributed by atoms with E-state index in [4.69, 9.17) is 4.55 Å². The summed E-state index contributed by atoms with van der Waals surface area (Å²) in [6.45, 7) is 0. The molecule has 0 fully saturated rings. The minimum atomic E-state index is -6.51. The molecule has 0 bridgehead atoms. The van der Waals surface area contributed by atoms with E-state index in [1.165, 1.54) is 6.07 Å². The van der Waals surface area contributed by atoms with Crippen molar-refractivity contribution in [3.63, 3.8) is 0 Å². The van der Waals surface area contributed by atoms with Gasteiger partial charge >= 0.3 is 27.5 Å². The summed E-state index contributed by atoms with van der Waals surface area (Å²) in [7, 11) is -6.51. The molecule has 11 heteroatoms. The lowest BCUT2D eigenvalue weighted by molar-refractivity contribution is -0.248. The zero-order valence-corrected chi connectivity index (χ0v) is 15.0. The highest BCUT2D eigenvalue weighted by atomic mass is 32.2. The summed E-state index contributed by atoms with van der Waals surface area (Å²) in [5.74, 6) is -1.83. The molecule has 1 atom stereocenters. The van der Waals surface area contributed by atoms with Crippen LogP contribution in [0.2, 0.25) is 0 Å². The molecular formula is C18H11F5O5S. The molecule has 0 saturated carbocycles. The first-order valence-electron chi connectivity index (χ1n) is 7.86. The molecule has 0 amide bonds. The van der Waals surface area contributed by atoms with Gasteiger partial charge < -0.3 is 4.74 Å². The number of ether oxygens (including phenoxy) is 1. The van der Waals surface area contributed by atoms with Crippen molar-refractivity contribution >= 4 is 37.6 Å². The lowest BCUT2D eigenvalue weighted by Crippen LogP contribution is -2.52. The molecule has 0 heterocycles. The Labute approximate surface area is 160 Å². The molecule has 3 aromatic rings. The smallest absolute Gasteiger partial charge is 0.432 e. The molecule has 1 unspecified atom stereocenters. The number of benzene rings is 3. The SMILES string of the molecule is O=C(OC(C(F)(F)F)C(F)(F)S(=O)(=O)O)c1ccc2ccc3ccccc3c2c1. The molecular weight excluding hydrogens is 423 g/mol. The van der Waals surface area contributed by atoms with E-state index in [0.717, 1.165) is 17.5 Å². The third kappa shape index (κ3) is 3.87. The van der Waals surface area contributed by atoms with Crippen molar-refractivity contribution in [3.8, 4) is 0 Å². The van der Waals surface area contributed by atoms with Crippen LogP contribution in [0.25, 0.3) is 21.5 Å². The first-order chi connectivity index (χ1) is 13.3. The van der Waals surface area contributed by atoms with Gasteiger partial charge in [-0.05, 0) is 33.7 Å². The van der Waals surface area contributed by atoms with E-state index in [1.54, 1.807) is 36.4 Å². The average molecular weight is 434 g/mol. The van der Waals surface area contributed by atoms with Crippen LogP contribution in [-0.2, 0) is 14.9 Å². The summed E-state index contributed by atoms with van der Waals surface area (Å²) in [6.07, 6.45) is -10.3. The summed E-state index contributed by atoms with van der Waals surface area (Å²) in [6, 6.07) is 13.9. The zero-order chi connectivity index (χ0) is 21.6. The van der Waals surface area contributed by atoms with Crippen molar-refractivity contribution in [2.75, 3.05) is 0 Å². The van der Waals surface area contributed by atoms with Gasteiger partial charge in [-0.15, -0.1) is 0 Å². The Hall–Kier alpha value is -2.79. The van der Waals surface area contributed by atoms with Gasteiger partial charge in [-0.1, -0.05) is 42.5 Å². The van der Waals surface area contributed by atoms with Crippen LogP contribution in [0.3, 0.4) is 0 Å². The van der Waals surface area contributed by atoms with Gasteiger partial charge in [-0.3, -0.25) is 4.55 Å². The number of hydrogen-bond donors (Lipinski definition) is 1. The van der Waals surface area contributed by atoms with Crippen molar-refractivity contribution in [1.82, 2.24) is 0 Å². The molecule has 29 heavy (non-hydrogen) atoms. The molecule has 1 N–H and O–H groups in total. The third-order valence-electron chi connectivity index (χ3n) is 4.15. The maximum absolute atomic E-state index is 13.6. The van der Waals surface area contributed by atoms with Gasteiger partial charge in [0, 0.05) is 0 Å². The Morgan fingerprint density at radius 3 is 2.03 bits per heavy atom. The number of carbonyl (C=O) groups is 1. The molecule has 0 aromatic heterocycles. The molecule has 3 aromatic carbocycles.